The third kappa shape index (κ3) is 5.38. The van der Waals surface area contributed by atoms with Crippen LogP contribution in [0.2, 0.25) is 0 Å². The predicted octanol–water partition coefficient (Wildman–Crippen LogP) is 3.44. The second-order valence-corrected chi connectivity index (χ2v) is 10.2. The molecular formula is C21H22FN3O4S2. The molecule has 0 saturated carbocycles. The van der Waals surface area contributed by atoms with Crippen LogP contribution >= 0.6 is 11.3 Å². The van der Waals surface area contributed by atoms with Crippen LogP contribution in [-0.2, 0) is 21.2 Å². The van der Waals surface area contributed by atoms with Gasteiger partial charge in [-0.3, -0.25) is 4.79 Å². The number of carbonyl (C=O) groups excluding carboxylic acids is 1. The van der Waals surface area contributed by atoms with Crippen molar-refractivity contribution in [1.29, 1.82) is 0 Å². The minimum Gasteiger partial charge on any atom is -0.441 e. The van der Waals surface area contributed by atoms with Gasteiger partial charge in [-0.05, 0) is 48.6 Å². The molecule has 1 aliphatic heterocycles. The average molecular weight is 464 g/mol. The molecule has 3 heterocycles. The summed E-state index contributed by atoms with van der Waals surface area (Å²) in [5.74, 6) is 0.644. The molecule has 1 amide bonds. The van der Waals surface area contributed by atoms with Crippen LogP contribution in [-0.4, -0.2) is 43.3 Å². The highest BCUT2D eigenvalue weighted by atomic mass is 32.2. The van der Waals surface area contributed by atoms with E-state index in [0.29, 0.717) is 48.2 Å². The van der Waals surface area contributed by atoms with E-state index in [2.05, 4.69) is 9.71 Å². The van der Waals surface area contributed by atoms with Crippen LogP contribution in [0.4, 0.5) is 4.39 Å². The van der Waals surface area contributed by atoms with Crippen molar-refractivity contribution >= 4 is 27.3 Å². The van der Waals surface area contributed by atoms with Crippen LogP contribution in [0.5, 0.6) is 0 Å². The summed E-state index contributed by atoms with van der Waals surface area (Å²) in [7, 11) is -3.50. The average Bonchev–Trinajstić information content (AvgIpc) is 3.46. The SMILES string of the molecule is O=C(CCc1ncc(-c2ccc(F)cc2)o1)N1CCC(NS(=O)(=O)c2cccs2)CC1. The number of nitrogens with one attached hydrogen (secondary N) is 1. The lowest BCUT2D eigenvalue weighted by molar-refractivity contribution is -0.132. The molecule has 0 spiro atoms. The molecule has 1 fully saturated rings. The number of aromatic nitrogens is 1. The largest absolute Gasteiger partial charge is 0.441 e. The molecule has 0 bridgehead atoms. The second kappa shape index (κ2) is 9.29. The Morgan fingerprint density at radius 2 is 1.97 bits per heavy atom. The fourth-order valence-corrected chi connectivity index (χ4v) is 5.80. The van der Waals surface area contributed by atoms with Gasteiger partial charge in [-0.1, -0.05) is 6.07 Å². The number of amides is 1. The summed E-state index contributed by atoms with van der Waals surface area (Å²) in [5.41, 5.74) is 0.721. The number of benzene rings is 1. The lowest BCUT2D eigenvalue weighted by Crippen LogP contribution is -2.46. The van der Waals surface area contributed by atoms with Crippen LogP contribution in [0.1, 0.15) is 25.2 Å². The van der Waals surface area contributed by atoms with Gasteiger partial charge < -0.3 is 9.32 Å². The van der Waals surface area contributed by atoms with Gasteiger partial charge in [0, 0.05) is 37.5 Å². The molecular weight excluding hydrogens is 441 g/mol. The predicted molar refractivity (Wildman–Crippen MR) is 114 cm³/mol. The number of halogens is 1. The summed E-state index contributed by atoms with van der Waals surface area (Å²) in [4.78, 5) is 18.5. The monoisotopic (exact) mass is 463 g/mol. The zero-order valence-electron chi connectivity index (χ0n) is 16.7. The van der Waals surface area contributed by atoms with Gasteiger partial charge in [-0.25, -0.2) is 22.5 Å². The summed E-state index contributed by atoms with van der Waals surface area (Å²) in [6.45, 7) is 1.01. The van der Waals surface area contributed by atoms with E-state index in [9.17, 15) is 17.6 Å². The zero-order chi connectivity index (χ0) is 21.8. The molecule has 1 aliphatic rings. The number of nitrogens with zero attached hydrogens (tertiary/aromatic N) is 2. The minimum atomic E-state index is -3.50. The normalized spacial score (nSPS) is 15.3. The van der Waals surface area contributed by atoms with Crippen molar-refractivity contribution < 1.29 is 22.0 Å². The highest BCUT2D eigenvalue weighted by molar-refractivity contribution is 7.91. The molecule has 1 saturated heterocycles. The number of thiophene rings is 1. The van der Waals surface area contributed by atoms with Gasteiger partial charge in [0.15, 0.2) is 11.7 Å². The van der Waals surface area contributed by atoms with E-state index in [0.717, 1.165) is 5.56 Å². The lowest BCUT2D eigenvalue weighted by Gasteiger charge is -2.32. The Kier molecular flexibility index (Phi) is 6.49. The quantitative estimate of drug-likeness (QED) is 0.579. The van der Waals surface area contributed by atoms with Crippen LogP contribution in [0, 0.1) is 5.82 Å². The molecule has 0 aliphatic carbocycles. The second-order valence-electron chi connectivity index (χ2n) is 7.33. The van der Waals surface area contributed by atoms with Crippen molar-refractivity contribution in [3.05, 3.63) is 59.7 Å². The van der Waals surface area contributed by atoms with Crippen molar-refractivity contribution in [2.24, 2.45) is 0 Å². The Bertz CT molecular complexity index is 1120. The topological polar surface area (TPSA) is 92.5 Å². The smallest absolute Gasteiger partial charge is 0.250 e. The molecule has 31 heavy (non-hydrogen) atoms. The van der Waals surface area contributed by atoms with Gasteiger partial charge >= 0.3 is 0 Å². The van der Waals surface area contributed by atoms with Gasteiger partial charge in [-0.2, -0.15) is 0 Å². The van der Waals surface area contributed by atoms with Crippen LogP contribution in [0.25, 0.3) is 11.3 Å². The van der Waals surface area contributed by atoms with E-state index >= 15 is 0 Å². The number of carbonyl (C=O) groups is 1. The fraction of sp³-hybridized carbons (Fsp3) is 0.333. The first kappa shape index (κ1) is 21.7. The van der Waals surface area contributed by atoms with Crippen LogP contribution < -0.4 is 4.72 Å². The number of oxazole rings is 1. The molecule has 7 nitrogen and oxygen atoms in total. The number of aryl methyl sites for hydroxylation is 1. The van der Waals surface area contributed by atoms with Crippen molar-refractivity contribution in [2.75, 3.05) is 13.1 Å². The van der Waals surface area contributed by atoms with E-state index in [1.54, 1.807) is 40.7 Å². The molecule has 2 aromatic heterocycles. The third-order valence-corrected chi connectivity index (χ3v) is 8.08. The van der Waals surface area contributed by atoms with E-state index in [1.165, 1.54) is 23.5 Å². The van der Waals surface area contributed by atoms with Crippen molar-refractivity contribution in [3.8, 4) is 11.3 Å². The zero-order valence-corrected chi connectivity index (χ0v) is 18.3. The van der Waals surface area contributed by atoms with Gasteiger partial charge in [-0.15, -0.1) is 11.3 Å². The van der Waals surface area contributed by atoms with Gasteiger partial charge in [0.2, 0.25) is 15.9 Å². The summed E-state index contributed by atoms with van der Waals surface area (Å²) in [5, 5.41) is 1.73. The first-order chi connectivity index (χ1) is 14.9. The van der Waals surface area contributed by atoms with Gasteiger partial charge in [0.05, 0.1) is 6.20 Å². The van der Waals surface area contributed by atoms with E-state index < -0.39 is 10.0 Å². The lowest BCUT2D eigenvalue weighted by atomic mass is 10.1. The summed E-state index contributed by atoms with van der Waals surface area (Å²) < 4.78 is 46.4. The number of likely N-dealkylation sites (tertiary alicyclic amines) is 1. The molecule has 0 atom stereocenters. The Morgan fingerprint density at radius 1 is 1.23 bits per heavy atom. The number of sulfonamides is 1. The summed E-state index contributed by atoms with van der Waals surface area (Å²) in [6, 6.07) is 9.04. The molecule has 1 N–H and O–H groups in total. The van der Waals surface area contributed by atoms with Gasteiger partial charge in [0.25, 0.3) is 0 Å². The maximum Gasteiger partial charge on any atom is 0.250 e. The van der Waals surface area contributed by atoms with E-state index in [4.69, 9.17) is 4.42 Å². The van der Waals surface area contributed by atoms with Gasteiger partial charge in [0.1, 0.15) is 10.0 Å². The molecule has 0 unspecified atom stereocenters. The van der Waals surface area contributed by atoms with E-state index in [1.807, 2.05) is 0 Å². The Hall–Kier alpha value is -2.56. The number of piperidine rings is 1. The maximum atomic E-state index is 13.0. The first-order valence-electron chi connectivity index (χ1n) is 9.95. The van der Waals surface area contributed by atoms with Crippen LogP contribution in [0.15, 0.2) is 56.6 Å². The standard InChI is InChI=1S/C21H22FN3O4S2/c22-16-5-3-15(4-6-16)18-14-23-19(29-18)7-8-20(26)25-11-9-17(10-12-25)24-31(27,28)21-2-1-13-30-21/h1-6,13-14,17,24H,7-12H2. The van der Waals surface area contributed by atoms with Crippen molar-refractivity contribution in [3.63, 3.8) is 0 Å². The Labute approximate surface area is 184 Å². The Morgan fingerprint density at radius 3 is 2.65 bits per heavy atom. The molecule has 164 valence electrons. The third-order valence-electron chi connectivity index (χ3n) is 5.16. The molecule has 10 heteroatoms. The minimum absolute atomic E-state index is 0.0129. The molecule has 1 aromatic carbocycles. The number of rotatable bonds is 7. The molecule has 3 aromatic rings. The fourth-order valence-electron chi connectivity index (χ4n) is 3.49. The molecule has 0 radical (unpaired) electrons. The Balaban J connectivity index is 1.25. The van der Waals surface area contributed by atoms with Crippen molar-refractivity contribution in [2.45, 2.75) is 35.9 Å². The first-order valence-corrected chi connectivity index (χ1v) is 12.3. The van der Waals surface area contributed by atoms with Crippen LogP contribution in [0.3, 0.4) is 0 Å². The van der Waals surface area contributed by atoms with Crippen molar-refractivity contribution in [1.82, 2.24) is 14.6 Å². The highest BCUT2D eigenvalue weighted by Crippen LogP contribution is 2.22. The maximum absolute atomic E-state index is 13.0. The number of hydrogen-bond acceptors (Lipinski definition) is 6. The van der Waals surface area contributed by atoms with E-state index in [-0.39, 0.29) is 24.2 Å². The summed E-state index contributed by atoms with van der Waals surface area (Å²) in [6.07, 6.45) is 3.34. The highest BCUT2D eigenvalue weighted by Gasteiger charge is 2.27. The molecule has 4 rings (SSSR count). The summed E-state index contributed by atoms with van der Waals surface area (Å²) >= 11 is 1.18. The number of hydrogen-bond donors (Lipinski definition) is 1.